The molecule has 22 heavy (non-hydrogen) atoms. The highest BCUT2D eigenvalue weighted by Crippen LogP contribution is 2.31. The molecule has 1 N–H and O–H groups in total. The van der Waals surface area contributed by atoms with Crippen LogP contribution in [0.1, 0.15) is 34.5 Å². The second-order valence-electron chi connectivity index (χ2n) is 6.15. The molecule has 4 rings (SSSR count). The minimum Gasteiger partial charge on any atom is -0.478 e. The third-order valence-corrected chi connectivity index (χ3v) is 4.38. The quantitative estimate of drug-likeness (QED) is 0.931. The van der Waals surface area contributed by atoms with Gasteiger partial charge in [-0.05, 0) is 30.9 Å². The topological polar surface area (TPSA) is 71.2 Å². The van der Waals surface area contributed by atoms with Gasteiger partial charge in [0.05, 0.1) is 5.69 Å². The molecule has 0 unspecified atom stereocenters. The van der Waals surface area contributed by atoms with Crippen molar-refractivity contribution in [3.8, 4) is 5.82 Å². The van der Waals surface area contributed by atoms with Crippen LogP contribution in [0.4, 0.5) is 0 Å². The Hall–Kier alpha value is -2.21. The van der Waals surface area contributed by atoms with Crippen molar-refractivity contribution in [2.45, 2.75) is 25.8 Å². The summed E-state index contributed by atoms with van der Waals surface area (Å²) in [5.41, 5.74) is 2.43. The van der Waals surface area contributed by atoms with Gasteiger partial charge in [0.2, 0.25) is 0 Å². The molecule has 2 aromatic heterocycles. The van der Waals surface area contributed by atoms with Gasteiger partial charge in [0, 0.05) is 44.0 Å². The van der Waals surface area contributed by atoms with E-state index in [-0.39, 0.29) is 5.56 Å². The van der Waals surface area contributed by atoms with E-state index in [1.54, 1.807) is 23.0 Å². The number of aromatic carboxylic acids is 1. The minimum absolute atomic E-state index is 0.178. The summed E-state index contributed by atoms with van der Waals surface area (Å²) >= 11 is 0. The number of nitrogens with zero attached hydrogens (tertiary/aromatic N) is 4. The molecule has 1 saturated carbocycles. The highest BCUT2D eigenvalue weighted by atomic mass is 16.4. The second kappa shape index (κ2) is 5.21. The van der Waals surface area contributed by atoms with Crippen molar-refractivity contribution in [3.63, 3.8) is 0 Å². The molecule has 1 aliphatic carbocycles. The molecular weight excluding hydrogens is 280 g/mol. The van der Waals surface area contributed by atoms with Crippen LogP contribution in [-0.2, 0) is 13.0 Å². The van der Waals surface area contributed by atoms with Gasteiger partial charge < -0.3 is 5.11 Å². The predicted molar refractivity (Wildman–Crippen MR) is 80.0 cm³/mol. The summed E-state index contributed by atoms with van der Waals surface area (Å²) in [5.74, 6) is 0.288. The summed E-state index contributed by atoms with van der Waals surface area (Å²) < 4.78 is 1.62. The molecule has 0 spiro atoms. The standard InChI is InChI=1S/C16H18N4O2/c21-16(22)13-2-1-6-17-15(13)20-10-12-9-19(8-11-3-4-11)7-5-14(12)18-20/h1-2,6,10-11H,3-5,7-9H2,(H,21,22). The smallest absolute Gasteiger partial charge is 0.339 e. The van der Waals surface area contributed by atoms with Gasteiger partial charge >= 0.3 is 5.97 Å². The van der Waals surface area contributed by atoms with Crippen molar-refractivity contribution < 1.29 is 9.90 Å². The molecule has 114 valence electrons. The van der Waals surface area contributed by atoms with Gasteiger partial charge in [0.1, 0.15) is 5.56 Å². The number of hydrogen-bond acceptors (Lipinski definition) is 4. The molecule has 0 radical (unpaired) electrons. The van der Waals surface area contributed by atoms with Crippen LogP contribution in [0.15, 0.2) is 24.5 Å². The first-order valence-electron chi connectivity index (χ1n) is 7.69. The Bertz CT molecular complexity index is 721. The lowest BCUT2D eigenvalue weighted by molar-refractivity contribution is 0.0696. The van der Waals surface area contributed by atoms with E-state index in [1.807, 2.05) is 6.20 Å². The van der Waals surface area contributed by atoms with Crippen LogP contribution in [-0.4, -0.2) is 43.8 Å². The molecule has 0 saturated heterocycles. The van der Waals surface area contributed by atoms with Crippen molar-refractivity contribution in [2.24, 2.45) is 5.92 Å². The lowest BCUT2D eigenvalue weighted by Crippen LogP contribution is -2.31. The summed E-state index contributed by atoms with van der Waals surface area (Å²) in [5, 5.41) is 13.8. The first-order chi connectivity index (χ1) is 10.7. The van der Waals surface area contributed by atoms with E-state index in [0.29, 0.717) is 5.82 Å². The molecule has 6 nitrogen and oxygen atoms in total. The van der Waals surface area contributed by atoms with Crippen LogP contribution >= 0.6 is 0 Å². The third-order valence-electron chi connectivity index (χ3n) is 4.38. The van der Waals surface area contributed by atoms with Crippen LogP contribution in [0, 0.1) is 5.92 Å². The Balaban J connectivity index is 1.63. The molecule has 0 bridgehead atoms. The molecule has 0 aromatic carbocycles. The number of fused-ring (bicyclic) bond motifs is 1. The van der Waals surface area contributed by atoms with E-state index in [2.05, 4.69) is 15.0 Å². The molecular formula is C16H18N4O2. The van der Waals surface area contributed by atoms with E-state index in [4.69, 9.17) is 0 Å². The lowest BCUT2D eigenvalue weighted by atomic mass is 10.1. The van der Waals surface area contributed by atoms with Gasteiger partial charge in [0.25, 0.3) is 0 Å². The van der Waals surface area contributed by atoms with Crippen molar-refractivity contribution in [1.29, 1.82) is 0 Å². The Kier molecular flexibility index (Phi) is 3.18. The summed E-state index contributed by atoms with van der Waals surface area (Å²) in [4.78, 5) is 18.0. The van der Waals surface area contributed by atoms with Crippen LogP contribution in [0.2, 0.25) is 0 Å². The van der Waals surface area contributed by atoms with Gasteiger partial charge in [-0.2, -0.15) is 5.10 Å². The first-order valence-corrected chi connectivity index (χ1v) is 7.69. The van der Waals surface area contributed by atoms with Gasteiger partial charge in [-0.15, -0.1) is 0 Å². The molecule has 1 aliphatic heterocycles. The van der Waals surface area contributed by atoms with Crippen LogP contribution < -0.4 is 0 Å². The van der Waals surface area contributed by atoms with Crippen LogP contribution in [0.5, 0.6) is 0 Å². The third kappa shape index (κ3) is 2.50. The van der Waals surface area contributed by atoms with E-state index in [9.17, 15) is 9.90 Å². The number of rotatable bonds is 4. The monoisotopic (exact) mass is 298 g/mol. The van der Waals surface area contributed by atoms with Crippen LogP contribution in [0.25, 0.3) is 5.82 Å². The Morgan fingerprint density at radius 3 is 3.05 bits per heavy atom. The Morgan fingerprint density at radius 1 is 1.41 bits per heavy atom. The molecule has 0 atom stereocenters. The summed E-state index contributed by atoms with van der Waals surface area (Å²) in [6.45, 7) is 3.12. The number of carbonyl (C=O) groups is 1. The maximum atomic E-state index is 11.3. The highest BCUT2D eigenvalue weighted by molar-refractivity contribution is 5.90. The van der Waals surface area contributed by atoms with Crippen molar-refractivity contribution >= 4 is 5.97 Å². The van der Waals surface area contributed by atoms with E-state index in [1.165, 1.54) is 24.9 Å². The number of hydrogen-bond donors (Lipinski definition) is 1. The largest absolute Gasteiger partial charge is 0.478 e. The molecule has 2 aromatic rings. The van der Waals surface area contributed by atoms with Crippen molar-refractivity contribution in [3.05, 3.63) is 41.3 Å². The summed E-state index contributed by atoms with van der Waals surface area (Å²) in [7, 11) is 0. The van der Waals surface area contributed by atoms with Crippen molar-refractivity contribution in [1.82, 2.24) is 19.7 Å². The second-order valence-corrected chi connectivity index (χ2v) is 6.15. The minimum atomic E-state index is -0.980. The molecule has 6 heteroatoms. The zero-order chi connectivity index (χ0) is 15.1. The molecule has 3 heterocycles. The fraction of sp³-hybridized carbons (Fsp3) is 0.438. The zero-order valence-corrected chi connectivity index (χ0v) is 12.3. The number of carboxylic acid groups (broad SMARTS) is 1. The maximum Gasteiger partial charge on any atom is 0.339 e. The predicted octanol–water partition coefficient (Wildman–Crippen LogP) is 1.73. The van der Waals surface area contributed by atoms with Gasteiger partial charge in [-0.3, -0.25) is 4.90 Å². The maximum absolute atomic E-state index is 11.3. The highest BCUT2D eigenvalue weighted by Gasteiger charge is 2.27. The van der Waals surface area contributed by atoms with E-state index < -0.39 is 5.97 Å². The fourth-order valence-corrected chi connectivity index (χ4v) is 3.05. The number of aromatic nitrogens is 3. The first kappa shape index (κ1) is 13.5. The normalized spacial score (nSPS) is 18.2. The van der Waals surface area contributed by atoms with Gasteiger partial charge in [0.15, 0.2) is 5.82 Å². The Labute approximate surface area is 128 Å². The fourth-order valence-electron chi connectivity index (χ4n) is 3.05. The van der Waals surface area contributed by atoms with E-state index in [0.717, 1.165) is 31.1 Å². The van der Waals surface area contributed by atoms with E-state index >= 15 is 0 Å². The van der Waals surface area contributed by atoms with Crippen molar-refractivity contribution in [2.75, 3.05) is 13.1 Å². The average Bonchev–Trinajstić information content (AvgIpc) is 3.23. The number of pyridine rings is 1. The Morgan fingerprint density at radius 2 is 2.27 bits per heavy atom. The summed E-state index contributed by atoms with van der Waals surface area (Å²) in [6.07, 6.45) is 7.17. The lowest BCUT2D eigenvalue weighted by Gasteiger charge is -2.25. The average molecular weight is 298 g/mol. The summed E-state index contributed by atoms with van der Waals surface area (Å²) in [6, 6.07) is 3.19. The molecule has 2 aliphatic rings. The zero-order valence-electron chi connectivity index (χ0n) is 12.3. The van der Waals surface area contributed by atoms with Gasteiger partial charge in [-0.25, -0.2) is 14.5 Å². The molecule has 1 fully saturated rings. The SMILES string of the molecule is O=C(O)c1cccnc1-n1cc2c(n1)CCN(CC1CC1)C2. The number of carboxylic acids is 1. The van der Waals surface area contributed by atoms with Crippen LogP contribution in [0.3, 0.4) is 0 Å². The molecule has 0 amide bonds. The van der Waals surface area contributed by atoms with Gasteiger partial charge in [-0.1, -0.05) is 0 Å².